The summed E-state index contributed by atoms with van der Waals surface area (Å²) < 4.78 is 9.99. The molecule has 0 spiro atoms. The van der Waals surface area contributed by atoms with Crippen molar-refractivity contribution in [3.8, 4) is 17.2 Å². The summed E-state index contributed by atoms with van der Waals surface area (Å²) in [6.45, 7) is 6.27. The van der Waals surface area contributed by atoms with E-state index >= 15 is 0 Å². The van der Waals surface area contributed by atoms with Crippen LogP contribution in [0.5, 0.6) is 0 Å². The van der Waals surface area contributed by atoms with Crippen LogP contribution in [0.15, 0.2) is 49.2 Å². The molecule has 3 aliphatic heterocycles. The normalized spacial score (nSPS) is 22.0. The van der Waals surface area contributed by atoms with E-state index in [1.54, 1.807) is 11.2 Å². The average Bonchev–Trinajstić information content (AvgIpc) is 3.46. The van der Waals surface area contributed by atoms with Crippen LogP contribution in [-0.4, -0.2) is 60.5 Å². The van der Waals surface area contributed by atoms with Gasteiger partial charge in [-0.1, -0.05) is 6.07 Å². The molecule has 0 unspecified atom stereocenters. The Labute approximate surface area is 226 Å². The number of carbonyl (C=O) groups excluding carboxylic acids is 1. The number of aromatic nitrogens is 6. The molecule has 4 aliphatic rings. The van der Waals surface area contributed by atoms with Gasteiger partial charge in [-0.05, 0) is 62.9 Å². The molecule has 10 nitrogen and oxygen atoms in total. The Balaban J connectivity index is 1.18. The second-order valence-corrected chi connectivity index (χ2v) is 11.4. The number of imidazole rings is 1. The smallest absolute Gasteiger partial charge is 0.260 e. The topological polar surface area (TPSA) is 94.2 Å². The molecular formula is C29H30N8O2. The SMILES string of the molecule is CC(C)n1cnnc1-c1cccc(N2Cc3cc(N4C[C@@H]5C[C@H]4CO5)c(-n4cnc(C5CC5)c4)cc3C2=O)n1. The number of pyridine rings is 1. The summed E-state index contributed by atoms with van der Waals surface area (Å²) in [5.41, 5.74) is 5.71. The molecule has 3 aromatic heterocycles. The van der Waals surface area contributed by atoms with Crippen LogP contribution in [0.25, 0.3) is 17.2 Å². The number of carbonyl (C=O) groups is 1. The van der Waals surface area contributed by atoms with E-state index in [1.165, 1.54) is 12.8 Å². The van der Waals surface area contributed by atoms with Crippen molar-refractivity contribution in [2.75, 3.05) is 23.0 Å². The first-order valence-electron chi connectivity index (χ1n) is 13.8. The second kappa shape index (κ2) is 8.47. The standard InChI is InChI=1S/C29H30N8O2/c1-17(2)37-16-31-33-28(37)23-4-3-5-27(32-23)36-11-19-8-26(35-12-21-9-20(35)14-39-21)25(10-22(19)29(36)38)34-13-24(30-15-34)18-6-7-18/h3-5,8,10,13,15-18,20-21H,6-7,9,11-12,14H2,1-2H3/t20-,21-/m0/s1. The maximum absolute atomic E-state index is 13.8. The van der Waals surface area contributed by atoms with Gasteiger partial charge in [-0.2, -0.15) is 0 Å². The summed E-state index contributed by atoms with van der Waals surface area (Å²) in [6.07, 6.45) is 9.49. The minimum absolute atomic E-state index is 0.0402. The molecule has 4 aromatic rings. The fraction of sp³-hybridized carbons (Fsp3) is 0.414. The van der Waals surface area contributed by atoms with Gasteiger partial charge in [-0.15, -0.1) is 10.2 Å². The Morgan fingerprint density at radius 3 is 2.77 bits per heavy atom. The van der Waals surface area contributed by atoms with E-state index < -0.39 is 0 Å². The first-order valence-corrected chi connectivity index (χ1v) is 13.8. The lowest BCUT2D eigenvalue weighted by atomic mass is 10.1. The zero-order valence-corrected chi connectivity index (χ0v) is 22.1. The van der Waals surface area contributed by atoms with Gasteiger partial charge in [0, 0.05) is 30.3 Å². The first-order chi connectivity index (χ1) is 19.0. The maximum Gasteiger partial charge on any atom is 0.260 e. The number of ether oxygens (including phenoxy) is 1. The highest BCUT2D eigenvalue weighted by Gasteiger charge is 2.41. The Morgan fingerprint density at radius 1 is 1.10 bits per heavy atom. The number of anilines is 2. The third kappa shape index (κ3) is 3.69. The molecule has 1 aromatic carbocycles. The van der Waals surface area contributed by atoms with Crippen LogP contribution in [0, 0.1) is 0 Å². The van der Waals surface area contributed by atoms with E-state index in [1.807, 2.05) is 29.1 Å². The summed E-state index contributed by atoms with van der Waals surface area (Å²) in [4.78, 5) is 27.6. The second-order valence-electron chi connectivity index (χ2n) is 11.4. The van der Waals surface area contributed by atoms with Gasteiger partial charge in [0.05, 0.1) is 48.7 Å². The van der Waals surface area contributed by atoms with Crippen molar-refractivity contribution in [3.63, 3.8) is 0 Å². The largest absolute Gasteiger partial charge is 0.374 e. The fourth-order valence-electron chi connectivity index (χ4n) is 6.22. The minimum atomic E-state index is -0.0402. The van der Waals surface area contributed by atoms with Gasteiger partial charge in [0.1, 0.15) is 17.8 Å². The Hall–Kier alpha value is -4.05. The highest BCUT2D eigenvalue weighted by molar-refractivity contribution is 6.10. The third-order valence-electron chi connectivity index (χ3n) is 8.46. The van der Waals surface area contributed by atoms with Crippen LogP contribution in [0.1, 0.15) is 66.7 Å². The van der Waals surface area contributed by atoms with Crippen molar-refractivity contribution in [3.05, 3.63) is 66.0 Å². The maximum atomic E-state index is 13.8. The molecule has 3 fully saturated rings. The zero-order chi connectivity index (χ0) is 26.2. The molecule has 198 valence electrons. The summed E-state index contributed by atoms with van der Waals surface area (Å²) in [7, 11) is 0. The van der Waals surface area contributed by atoms with Gasteiger partial charge in [0.15, 0.2) is 5.82 Å². The van der Waals surface area contributed by atoms with Crippen LogP contribution in [0.3, 0.4) is 0 Å². The molecule has 2 atom stereocenters. The molecule has 6 heterocycles. The van der Waals surface area contributed by atoms with E-state index in [2.05, 4.69) is 51.8 Å². The van der Waals surface area contributed by atoms with Gasteiger partial charge >= 0.3 is 0 Å². The van der Waals surface area contributed by atoms with Gasteiger partial charge in [0.25, 0.3) is 5.91 Å². The van der Waals surface area contributed by atoms with Crippen LogP contribution in [-0.2, 0) is 11.3 Å². The minimum Gasteiger partial charge on any atom is -0.374 e. The molecule has 10 heteroatoms. The molecule has 1 saturated carbocycles. The van der Waals surface area contributed by atoms with Crippen molar-refractivity contribution in [2.45, 2.75) is 63.8 Å². The molecule has 2 saturated heterocycles. The summed E-state index contributed by atoms with van der Waals surface area (Å²) in [5.74, 6) is 1.83. The Kier molecular flexibility index (Phi) is 4.97. The lowest BCUT2D eigenvalue weighted by molar-refractivity contribution is 0.0988. The molecule has 1 amide bonds. The van der Waals surface area contributed by atoms with Gasteiger partial charge < -0.3 is 18.8 Å². The van der Waals surface area contributed by atoms with Gasteiger partial charge in [0.2, 0.25) is 0 Å². The number of hydrogen-bond donors (Lipinski definition) is 0. The summed E-state index contributed by atoms with van der Waals surface area (Å²) in [6, 6.07) is 10.6. The third-order valence-corrected chi connectivity index (χ3v) is 8.46. The zero-order valence-electron chi connectivity index (χ0n) is 22.1. The predicted molar refractivity (Wildman–Crippen MR) is 145 cm³/mol. The number of rotatable bonds is 6. The van der Waals surface area contributed by atoms with E-state index in [0.29, 0.717) is 41.4 Å². The summed E-state index contributed by atoms with van der Waals surface area (Å²) >= 11 is 0. The molecule has 8 rings (SSSR count). The highest BCUT2D eigenvalue weighted by Crippen LogP contribution is 2.42. The van der Waals surface area contributed by atoms with Crippen molar-refractivity contribution >= 4 is 17.4 Å². The first kappa shape index (κ1) is 22.9. The molecule has 0 N–H and O–H groups in total. The van der Waals surface area contributed by atoms with Crippen LogP contribution >= 0.6 is 0 Å². The van der Waals surface area contributed by atoms with Crippen molar-refractivity contribution < 1.29 is 9.53 Å². The van der Waals surface area contributed by atoms with Gasteiger partial charge in [-0.3, -0.25) is 9.69 Å². The lowest BCUT2D eigenvalue weighted by Gasteiger charge is -2.31. The molecule has 1 aliphatic carbocycles. The number of amides is 1. The van der Waals surface area contributed by atoms with E-state index in [0.717, 1.165) is 42.2 Å². The quantitative estimate of drug-likeness (QED) is 0.376. The Bertz CT molecular complexity index is 1600. The number of hydrogen-bond acceptors (Lipinski definition) is 7. The van der Waals surface area contributed by atoms with Gasteiger partial charge in [-0.25, -0.2) is 9.97 Å². The van der Waals surface area contributed by atoms with Crippen molar-refractivity contribution in [2.24, 2.45) is 0 Å². The van der Waals surface area contributed by atoms with E-state index in [9.17, 15) is 4.79 Å². The lowest BCUT2D eigenvalue weighted by Crippen LogP contribution is -2.37. The summed E-state index contributed by atoms with van der Waals surface area (Å²) in [5, 5.41) is 8.38. The fourth-order valence-corrected chi connectivity index (χ4v) is 6.22. The van der Waals surface area contributed by atoms with Crippen LogP contribution in [0.2, 0.25) is 0 Å². The number of benzene rings is 1. The van der Waals surface area contributed by atoms with Crippen molar-refractivity contribution in [1.29, 1.82) is 0 Å². The monoisotopic (exact) mass is 522 g/mol. The predicted octanol–water partition coefficient (Wildman–Crippen LogP) is 4.12. The van der Waals surface area contributed by atoms with E-state index in [-0.39, 0.29) is 18.1 Å². The van der Waals surface area contributed by atoms with E-state index in [4.69, 9.17) is 14.7 Å². The highest BCUT2D eigenvalue weighted by atomic mass is 16.5. The average molecular weight is 523 g/mol. The van der Waals surface area contributed by atoms with Crippen LogP contribution in [0.4, 0.5) is 11.5 Å². The van der Waals surface area contributed by atoms with Crippen LogP contribution < -0.4 is 9.80 Å². The molecule has 39 heavy (non-hydrogen) atoms. The number of nitrogens with zero attached hydrogens (tertiary/aromatic N) is 8. The molecule has 2 bridgehead atoms. The molecule has 0 radical (unpaired) electrons. The number of morpholine rings is 1. The Morgan fingerprint density at radius 2 is 2.00 bits per heavy atom. The molecular weight excluding hydrogens is 492 g/mol. The van der Waals surface area contributed by atoms with Crippen molar-refractivity contribution in [1.82, 2.24) is 29.3 Å². The number of fused-ring (bicyclic) bond motifs is 3.